The highest BCUT2D eigenvalue weighted by Gasteiger charge is 2.14. The van der Waals surface area contributed by atoms with E-state index in [1.165, 1.54) is 18.2 Å². The number of benzene rings is 1. The van der Waals surface area contributed by atoms with E-state index < -0.39 is 17.7 Å². The van der Waals surface area contributed by atoms with E-state index in [1.54, 1.807) is 23.8 Å². The van der Waals surface area contributed by atoms with Gasteiger partial charge in [0, 0.05) is 24.4 Å². The first-order valence-corrected chi connectivity index (χ1v) is 6.94. The molecule has 3 nitrogen and oxygen atoms in total. The third-order valence-electron chi connectivity index (χ3n) is 3.28. The van der Waals surface area contributed by atoms with Crippen molar-refractivity contribution in [1.29, 1.82) is 0 Å². The van der Waals surface area contributed by atoms with Gasteiger partial charge >= 0.3 is 0 Å². The van der Waals surface area contributed by atoms with Gasteiger partial charge in [0.2, 0.25) is 0 Å². The van der Waals surface area contributed by atoms with E-state index in [4.69, 9.17) is 0 Å². The lowest BCUT2D eigenvalue weighted by molar-refractivity contribution is 0.494. The summed E-state index contributed by atoms with van der Waals surface area (Å²) in [6.07, 6.45) is 2.54. The smallest absolute Gasteiger partial charge is 0.250 e. The Bertz CT molecular complexity index is 682. The highest BCUT2D eigenvalue weighted by atomic mass is 19.2. The Kier molecular flexibility index (Phi) is 4.73. The molecule has 2 aromatic rings. The third kappa shape index (κ3) is 3.48. The lowest BCUT2D eigenvalue weighted by Crippen LogP contribution is -2.19. The van der Waals surface area contributed by atoms with Crippen molar-refractivity contribution in [3.8, 4) is 0 Å². The van der Waals surface area contributed by atoms with Gasteiger partial charge in [-0.3, -0.25) is 4.79 Å². The standard InChI is InChI=1S/C16H18F2N2O/c1-3-9-20-10-12(7-8-15(20)21)19-11(2)13-5-4-6-14(17)16(13)18/h4-8,10-11,19H,3,9H2,1-2H3. The van der Waals surface area contributed by atoms with Gasteiger partial charge in [-0.25, -0.2) is 8.78 Å². The Balaban J connectivity index is 2.23. The number of hydrogen-bond acceptors (Lipinski definition) is 2. The van der Waals surface area contributed by atoms with Gasteiger partial charge < -0.3 is 9.88 Å². The lowest BCUT2D eigenvalue weighted by Gasteiger charge is -2.17. The van der Waals surface area contributed by atoms with Gasteiger partial charge in [-0.1, -0.05) is 19.1 Å². The number of nitrogens with zero attached hydrogens (tertiary/aromatic N) is 1. The first-order valence-electron chi connectivity index (χ1n) is 6.94. The van der Waals surface area contributed by atoms with Crippen molar-refractivity contribution in [2.75, 3.05) is 5.32 Å². The molecule has 1 unspecified atom stereocenters. The van der Waals surface area contributed by atoms with Crippen molar-refractivity contribution in [1.82, 2.24) is 4.57 Å². The molecule has 1 aromatic heterocycles. The molecule has 21 heavy (non-hydrogen) atoms. The molecule has 5 heteroatoms. The third-order valence-corrected chi connectivity index (χ3v) is 3.28. The van der Waals surface area contributed by atoms with E-state index in [2.05, 4.69) is 5.32 Å². The van der Waals surface area contributed by atoms with Crippen LogP contribution in [0, 0.1) is 11.6 Å². The molecule has 0 aliphatic carbocycles. The minimum absolute atomic E-state index is 0.0769. The Morgan fingerprint density at radius 3 is 2.71 bits per heavy atom. The average Bonchev–Trinajstić information content (AvgIpc) is 2.45. The van der Waals surface area contributed by atoms with Crippen LogP contribution in [0.2, 0.25) is 0 Å². The summed E-state index contributed by atoms with van der Waals surface area (Å²) < 4.78 is 28.6. The Labute approximate surface area is 122 Å². The van der Waals surface area contributed by atoms with E-state index >= 15 is 0 Å². The molecular formula is C16H18F2N2O. The monoisotopic (exact) mass is 292 g/mol. The summed E-state index contributed by atoms with van der Waals surface area (Å²) in [5, 5.41) is 3.09. The van der Waals surface area contributed by atoms with Crippen LogP contribution in [-0.4, -0.2) is 4.57 Å². The Hall–Kier alpha value is -2.17. The number of anilines is 1. The highest BCUT2D eigenvalue weighted by Crippen LogP contribution is 2.22. The van der Waals surface area contributed by atoms with Crippen LogP contribution < -0.4 is 10.9 Å². The molecule has 1 aromatic carbocycles. The topological polar surface area (TPSA) is 34.0 Å². The molecule has 0 saturated carbocycles. The predicted octanol–water partition coefficient (Wildman–Crippen LogP) is 3.71. The van der Waals surface area contributed by atoms with Gasteiger partial charge in [-0.05, 0) is 25.5 Å². The van der Waals surface area contributed by atoms with E-state index in [1.807, 2.05) is 6.92 Å². The van der Waals surface area contributed by atoms with Gasteiger partial charge in [0.05, 0.1) is 11.7 Å². The van der Waals surface area contributed by atoms with Gasteiger partial charge in [-0.15, -0.1) is 0 Å². The largest absolute Gasteiger partial charge is 0.377 e. The summed E-state index contributed by atoms with van der Waals surface area (Å²) in [6.45, 7) is 4.35. The number of hydrogen-bond donors (Lipinski definition) is 1. The van der Waals surface area contributed by atoms with Crippen LogP contribution in [0.25, 0.3) is 0 Å². The first-order chi connectivity index (χ1) is 10.0. The van der Waals surface area contributed by atoms with E-state index in [-0.39, 0.29) is 11.1 Å². The molecule has 0 saturated heterocycles. The second-order valence-electron chi connectivity index (χ2n) is 4.96. The van der Waals surface area contributed by atoms with Gasteiger partial charge in [-0.2, -0.15) is 0 Å². The molecule has 1 N–H and O–H groups in total. The molecule has 0 fully saturated rings. The normalized spacial score (nSPS) is 12.2. The molecule has 0 spiro atoms. The van der Waals surface area contributed by atoms with Gasteiger partial charge in [0.25, 0.3) is 5.56 Å². The van der Waals surface area contributed by atoms with E-state index in [9.17, 15) is 13.6 Å². The number of nitrogens with one attached hydrogen (secondary N) is 1. The van der Waals surface area contributed by atoms with Gasteiger partial charge in [0.15, 0.2) is 11.6 Å². The van der Waals surface area contributed by atoms with Crippen LogP contribution >= 0.6 is 0 Å². The molecule has 0 radical (unpaired) electrons. The predicted molar refractivity (Wildman–Crippen MR) is 79.4 cm³/mol. The fourth-order valence-corrected chi connectivity index (χ4v) is 2.22. The zero-order valence-corrected chi connectivity index (χ0v) is 12.1. The summed E-state index contributed by atoms with van der Waals surface area (Å²) in [7, 11) is 0. The van der Waals surface area contributed by atoms with Crippen molar-refractivity contribution in [2.24, 2.45) is 0 Å². The molecule has 0 aliphatic heterocycles. The first kappa shape index (κ1) is 15.2. The van der Waals surface area contributed by atoms with Crippen molar-refractivity contribution in [2.45, 2.75) is 32.9 Å². The Morgan fingerprint density at radius 1 is 1.24 bits per heavy atom. The number of rotatable bonds is 5. The second-order valence-corrected chi connectivity index (χ2v) is 4.96. The zero-order chi connectivity index (χ0) is 15.4. The fourth-order valence-electron chi connectivity index (χ4n) is 2.22. The molecular weight excluding hydrogens is 274 g/mol. The van der Waals surface area contributed by atoms with Crippen LogP contribution in [0.3, 0.4) is 0 Å². The maximum Gasteiger partial charge on any atom is 0.250 e. The highest BCUT2D eigenvalue weighted by molar-refractivity contribution is 5.43. The average molecular weight is 292 g/mol. The molecule has 0 aliphatic rings. The summed E-state index contributed by atoms with van der Waals surface area (Å²) in [4.78, 5) is 11.6. The van der Waals surface area contributed by atoms with Gasteiger partial charge in [0.1, 0.15) is 0 Å². The summed E-state index contributed by atoms with van der Waals surface area (Å²) in [6, 6.07) is 6.80. The van der Waals surface area contributed by atoms with Crippen molar-refractivity contribution < 1.29 is 8.78 Å². The Morgan fingerprint density at radius 2 is 2.00 bits per heavy atom. The van der Waals surface area contributed by atoms with Crippen LogP contribution in [0.1, 0.15) is 31.9 Å². The molecule has 1 heterocycles. The molecule has 1 atom stereocenters. The summed E-state index contributed by atoms with van der Waals surface area (Å²) in [5.74, 6) is -1.71. The molecule has 0 bridgehead atoms. The number of aryl methyl sites for hydroxylation is 1. The van der Waals surface area contributed by atoms with E-state index in [0.29, 0.717) is 12.2 Å². The van der Waals surface area contributed by atoms with Crippen LogP contribution in [0.15, 0.2) is 41.3 Å². The second kappa shape index (κ2) is 6.52. The number of pyridine rings is 1. The molecule has 0 amide bonds. The minimum Gasteiger partial charge on any atom is -0.377 e. The minimum atomic E-state index is -0.864. The van der Waals surface area contributed by atoms with Crippen molar-refractivity contribution in [3.63, 3.8) is 0 Å². The number of halogens is 2. The fraction of sp³-hybridized carbons (Fsp3) is 0.312. The quantitative estimate of drug-likeness (QED) is 0.911. The van der Waals surface area contributed by atoms with Crippen LogP contribution in [0.4, 0.5) is 14.5 Å². The summed E-state index contributed by atoms with van der Waals surface area (Å²) in [5.41, 5.74) is 0.870. The van der Waals surface area contributed by atoms with Crippen molar-refractivity contribution in [3.05, 3.63) is 64.1 Å². The molecule has 112 valence electrons. The molecule has 2 rings (SSSR count). The number of aromatic nitrogens is 1. The SMILES string of the molecule is CCCn1cc(NC(C)c2cccc(F)c2F)ccc1=O. The lowest BCUT2D eigenvalue weighted by atomic mass is 10.1. The van der Waals surface area contributed by atoms with Crippen LogP contribution in [0.5, 0.6) is 0 Å². The van der Waals surface area contributed by atoms with Crippen LogP contribution in [-0.2, 0) is 6.54 Å². The zero-order valence-electron chi connectivity index (χ0n) is 12.1. The van der Waals surface area contributed by atoms with Crippen molar-refractivity contribution >= 4 is 5.69 Å². The maximum atomic E-state index is 13.7. The maximum absolute atomic E-state index is 13.7. The van der Waals surface area contributed by atoms with E-state index in [0.717, 1.165) is 12.5 Å². The summed E-state index contributed by atoms with van der Waals surface area (Å²) >= 11 is 0.